The number of aryl methyl sites for hydroxylation is 1. The molecule has 3 amide bonds. The van der Waals surface area contributed by atoms with Crippen LogP contribution in [0.15, 0.2) is 18.2 Å². The zero-order valence-corrected chi connectivity index (χ0v) is 23.9. The van der Waals surface area contributed by atoms with E-state index in [0.29, 0.717) is 55.9 Å². The third-order valence-electron chi connectivity index (χ3n) is 8.78. The molecule has 1 aromatic rings. The van der Waals surface area contributed by atoms with Crippen LogP contribution in [0.1, 0.15) is 44.6 Å². The third kappa shape index (κ3) is 6.69. The van der Waals surface area contributed by atoms with Crippen molar-refractivity contribution >= 4 is 35.2 Å². The average Bonchev–Trinajstić information content (AvgIpc) is 3.66. The Labute approximate surface area is 236 Å². The highest BCUT2D eigenvalue weighted by Crippen LogP contribution is 2.33. The van der Waals surface area contributed by atoms with Crippen molar-refractivity contribution in [3.05, 3.63) is 28.8 Å². The first kappa shape index (κ1) is 28.2. The summed E-state index contributed by atoms with van der Waals surface area (Å²) >= 11 is 6.41. The lowest BCUT2D eigenvalue weighted by Crippen LogP contribution is -2.43. The van der Waals surface area contributed by atoms with Crippen LogP contribution in [-0.2, 0) is 19.1 Å². The third-order valence-corrected chi connectivity index (χ3v) is 9.18. The highest BCUT2D eigenvalue weighted by Gasteiger charge is 2.43. The molecule has 4 saturated heterocycles. The molecule has 39 heavy (non-hydrogen) atoms. The van der Waals surface area contributed by atoms with Crippen LogP contribution < -0.4 is 4.90 Å². The molecule has 9 nitrogen and oxygen atoms in total. The van der Waals surface area contributed by atoms with Crippen molar-refractivity contribution in [2.24, 2.45) is 11.8 Å². The Kier molecular flexibility index (Phi) is 8.99. The van der Waals surface area contributed by atoms with Crippen molar-refractivity contribution in [2.75, 3.05) is 63.9 Å². The van der Waals surface area contributed by atoms with Crippen molar-refractivity contribution in [3.8, 4) is 0 Å². The number of hydrogen-bond acceptors (Lipinski definition) is 6. The number of carbonyl (C=O) groups is 3. The van der Waals surface area contributed by atoms with Gasteiger partial charge in [-0.1, -0.05) is 17.7 Å². The molecule has 0 spiro atoms. The molecule has 1 aromatic carbocycles. The summed E-state index contributed by atoms with van der Waals surface area (Å²) in [6, 6.07) is 5.67. The summed E-state index contributed by atoms with van der Waals surface area (Å²) in [6.07, 6.45) is 3.13. The molecule has 0 aliphatic carbocycles. The molecule has 0 radical (unpaired) electrons. The minimum atomic E-state index is -0.363. The minimum Gasteiger partial charge on any atom is -0.446 e. The maximum absolute atomic E-state index is 13.3. The Bertz CT molecular complexity index is 1040. The van der Waals surface area contributed by atoms with Crippen molar-refractivity contribution in [2.45, 2.75) is 58.2 Å². The fraction of sp³-hybridized carbons (Fsp3) is 0.690. The van der Waals surface area contributed by atoms with Gasteiger partial charge in [0.1, 0.15) is 12.2 Å². The lowest BCUT2D eigenvalue weighted by atomic mass is 10.0. The summed E-state index contributed by atoms with van der Waals surface area (Å²) in [5.41, 5.74) is 1.69. The van der Waals surface area contributed by atoms with E-state index in [0.717, 1.165) is 63.2 Å². The number of nitrogens with zero attached hydrogens (tertiary/aromatic N) is 4. The second-order valence-corrected chi connectivity index (χ2v) is 12.0. The number of amides is 3. The number of piperidine rings is 1. The predicted octanol–water partition coefficient (Wildman–Crippen LogP) is 3.56. The highest BCUT2D eigenvalue weighted by molar-refractivity contribution is 6.31. The van der Waals surface area contributed by atoms with Crippen LogP contribution in [0.5, 0.6) is 0 Å². The van der Waals surface area contributed by atoms with Gasteiger partial charge in [0.15, 0.2) is 0 Å². The average molecular weight is 561 g/mol. The quantitative estimate of drug-likeness (QED) is 0.507. The standard InChI is InChI=1S/C29H41ClN4O5/c1-20-6-7-24(15-26(20)30)34(29(37)39-25-8-12-32(13-9-25)21(2)35)11-4-10-31-16-22-18-33(19-23(22)17-31)28(36)27-5-3-14-38-27/h6-7,15,22-23,25,27H,3-5,8-14,16-19H2,1-2H3. The molecule has 0 bridgehead atoms. The van der Waals surface area contributed by atoms with E-state index in [1.807, 2.05) is 30.0 Å². The Balaban J connectivity index is 1.13. The molecule has 3 unspecified atom stereocenters. The first-order valence-corrected chi connectivity index (χ1v) is 14.8. The number of hydrogen-bond donors (Lipinski definition) is 0. The molecule has 4 aliphatic rings. The topological polar surface area (TPSA) is 82.6 Å². The van der Waals surface area contributed by atoms with Crippen molar-refractivity contribution in [3.63, 3.8) is 0 Å². The summed E-state index contributed by atoms with van der Waals surface area (Å²) in [6.45, 7) is 10.4. The van der Waals surface area contributed by atoms with Crippen LogP contribution in [0.2, 0.25) is 5.02 Å². The second kappa shape index (κ2) is 12.4. The van der Waals surface area contributed by atoms with Gasteiger partial charge in [-0.15, -0.1) is 0 Å². The maximum atomic E-state index is 13.3. The van der Waals surface area contributed by atoms with Crippen LogP contribution >= 0.6 is 11.6 Å². The highest BCUT2D eigenvalue weighted by atomic mass is 35.5. The van der Waals surface area contributed by atoms with Gasteiger partial charge in [0.05, 0.1) is 0 Å². The largest absolute Gasteiger partial charge is 0.446 e. The van der Waals surface area contributed by atoms with Gasteiger partial charge < -0.3 is 24.2 Å². The number of anilines is 1. The van der Waals surface area contributed by atoms with E-state index >= 15 is 0 Å². The van der Waals surface area contributed by atoms with Gasteiger partial charge in [0, 0.05) is 82.9 Å². The van der Waals surface area contributed by atoms with E-state index in [1.54, 1.807) is 16.7 Å². The molecule has 4 heterocycles. The molecule has 10 heteroatoms. The molecular formula is C29H41ClN4O5. The summed E-state index contributed by atoms with van der Waals surface area (Å²) in [5.74, 6) is 1.25. The molecule has 214 valence electrons. The van der Waals surface area contributed by atoms with E-state index in [2.05, 4.69) is 4.90 Å². The molecule has 4 aliphatic heterocycles. The predicted molar refractivity (Wildman–Crippen MR) is 149 cm³/mol. The van der Waals surface area contributed by atoms with Crippen molar-refractivity contribution < 1.29 is 23.9 Å². The summed E-state index contributed by atoms with van der Waals surface area (Å²) in [5, 5.41) is 0.620. The lowest BCUT2D eigenvalue weighted by molar-refractivity contribution is -0.140. The maximum Gasteiger partial charge on any atom is 0.414 e. The monoisotopic (exact) mass is 560 g/mol. The number of likely N-dealkylation sites (tertiary alicyclic amines) is 3. The molecule has 5 rings (SSSR count). The van der Waals surface area contributed by atoms with E-state index in [4.69, 9.17) is 21.1 Å². The van der Waals surface area contributed by atoms with Crippen molar-refractivity contribution in [1.82, 2.24) is 14.7 Å². The van der Waals surface area contributed by atoms with Gasteiger partial charge in [-0.25, -0.2) is 4.79 Å². The van der Waals surface area contributed by atoms with Gasteiger partial charge in [-0.05, 0) is 62.3 Å². The van der Waals surface area contributed by atoms with E-state index in [9.17, 15) is 14.4 Å². The lowest BCUT2D eigenvalue weighted by Gasteiger charge is -2.32. The summed E-state index contributed by atoms with van der Waals surface area (Å²) in [7, 11) is 0. The van der Waals surface area contributed by atoms with Gasteiger partial charge in [-0.3, -0.25) is 14.5 Å². The zero-order chi connectivity index (χ0) is 27.5. The van der Waals surface area contributed by atoms with Crippen LogP contribution in [0.4, 0.5) is 10.5 Å². The molecular weight excluding hydrogens is 520 g/mol. The van der Waals surface area contributed by atoms with Gasteiger partial charge in [0.2, 0.25) is 5.91 Å². The number of carbonyl (C=O) groups excluding carboxylic acids is 3. The van der Waals surface area contributed by atoms with Gasteiger partial charge >= 0.3 is 6.09 Å². The fourth-order valence-corrected chi connectivity index (χ4v) is 6.63. The van der Waals surface area contributed by atoms with Crippen LogP contribution in [0.3, 0.4) is 0 Å². The normalized spacial score (nSPS) is 25.7. The van der Waals surface area contributed by atoms with Gasteiger partial charge in [-0.2, -0.15) is 0 Å². The van der Waals surface area contributed by atoms with E-state index in [1.165, 1.54) is 0 Å². The van der Waals surface area contributed by atoms with E-state index in [-0.39, 0.29) is 30.1 Å². The molecule has 0 aromatic heterocycles. The minimum absolute atomic E-state index is 0.0592. The summed E-state index contributed by atoms with van der Waals surface area (Å²) < 4.78 is 11.5. The molecule has 3 atom stereocenters. The van der Waals surface area contributed by atoms with E-state index < -0.39 is 0 Å². The molecule has 0 saturated carbocycles. The number of ether oxygens (including phenoxy) is 2. The van der Waals surface area contributed by atoms with Gasteiger partial charge in [0.25, 0.3) is 5.91 Å². The van der Waals surface area contributed by atoms with Crippen LogP contribution in [0.25, 0.3) is 0 Å². The first-order chi connectivity index (χ1) is 18.8. The Hall–Kier alpha value is -2.36. The van der Waals surface area contributed by atoms with Crippen LogP contribution in [-0.4, -0.2) is 104 Å². The number of fused-ring (bicyclic) bond motifs is 1. The molecule has 4 fully saturated rings. The Morgan fingerprint density at radius 2 is 1.77 bits per heavy atom. The number of benzene rings is 1. The van der Waals surface area contributed by atoms with Crippen molar-refractivity contribution in [1.29, 1.82) is 0 Å². The number of rotatable bonds is 7. The Morgan fingerprint density at radius 3 is 2.38 bits per heavy atom. The fourth-order valence-electron chi connectivity index (χ4n) is 6.45. The number of halogens is 1. The van der Waals surface area contributed by atoms with Crippen LogP contribution in [0, 0.1) is 18.8 Å². The Morgan fingerprint density at radius 1 is 1.05 bits per heavy atom. The zero-order valence-electron chi connectivity index (χ0n) is 23.1. The first-order valence-electron chi connectivity index (χ1n) is 14.4. The SMILES string of the molecule is CC(=O)N1CCC(OC(=O)N(CCCN2CC3CN(C(=O)C4CCCO4)CC3C2)c2ccc(C)c(Cl)c2)CC1. The summed E-state index contributed by atoms with van der Waals surface area (Å²) in [4.78, 5) is 45.7. The smallest absolute Gasteiger partial charge is 0.414 e. The second-order valence-electron chi connectivity index (χ2n) is 11.6. The molecule has 0 N–H and O–H groups in total.